The van der Waals surface area contributed by atoms with E-state index in [2.05, 4.69) is 9.98 Å². The minimum Gasteiger partial charge on any atom is -0.350 e. The minimum atomic E-state index is -0.523. The molecule has 106 valence electrons. The number of benzene rings is 2. The largest absolute Gasteiger partial charge is 0.368 e. The number of aromatic nitrogens is 1. The van der Waals surface area contributed by atoms with Crippen LogP contribution in [0.3, 0.4) is 0 Å². The summed E-state index contributed by atoms with van der Waals surface area (Å²) < 4.78 is 1.93. The minimum absolute atomic E-state index is 0.0888. The maximum absolute atomic E-state index is 12.8. The normalized spacial score (nSPS) is 12.9. The summed E-state index contributed by atoms with van der Waals surface area (Å²) in [5, 5.41) is 1.88. The lowest BCUT2D eigenvalue weighted by Crippen LogP contribution is -2.22. The Morgan fingerprint density at radius 2 is 1.82 bits per heavy atom. The van der Waals surface area contributed by atoms with Crippen molar-refractivity contribution in [2.75, 3.05) is 0 Å². The van der Waals surface area contributed by atoms with Gasteiger partial charge in [0.2, 0.25) is 0 Å². The van der Waals surface area contributed by atoms with E-state index in [0.717, 1.165) is 10.9 Å². The summed E-state index contributed by atoms with van der Waals surface area (Å²) in [6.07, 6.45) is 1.83. The van der Waals surface area contributed by atoms with Crippen LogP contribution in [-0.4, -0.2) is 16.4 Å². The van der Waals surface area contributed by atoms with Crippen LogP contribution >= 0.6 is 0 Å². The van der Waals surface area contributed by atoms with Gasteiger partial charge in [0.25, 0.3) is 0 Å². The van der Waals surface area contributed by atoms with Crippen molar-refractivity contribution in [2.24, 2.45) is 17.0 Å². The molecular weight excluding hydrogens is 278 g/mol. The van der Waals surface area contributed by atoms with Crippen LogP contribution in [0.2, 0.25) is 0 Å². The summed E-state index contributed by atoms with van der Waals surface area (Å²) in [4.78, 5) is 31.5. The molecule has 0 radical (unpaired) electrons. The standard InChI is InChI=1S/C17H11N3O2/c1-20-9-12(11-4-2-3-5-15(11)20)16(21)10-6-7-13-14(8-10)19-17(22)18-13/h2-9H,1H3. The van der Waals surface area contributed by atoms with Crippen LogP contribution in [0.1, 0.15) is 15.9 Å². The van der Waals surface area contributed by atoms with Crippen LogP contribution in [0.5, 0.6) is 0 Å². The lowest BCUT2D eigenvalue weighted by molar-refractivity contribution is 0.104. The van der Waals surface area contributed by atoms with Gasteiger partial charge in [-0.2, -0.15) is 9.98 Å². The van der Waals surface area contributed by atoms with Crippen LogP contribution < -0.4 is 10.7 Å². The van der Waals surface area contributed by atoms with Gasteiger partial charge in [0.15, 0.2) is 5.78 Å². The highest BCUT2D eigenvalue weighted by atomic mass is 16.2. The van der Waals surface area contributed by atoms with Gasteiger partial charge in [0.05, 0.1) is 10.7 Å². The van der Waals surface area contributed by atoms with Crippen molar-refractivity contribution in [1.82, 2.24) is 4.57 Å². The van der Waals surface area contributed by atoms with Gasteiger partial charge in [-0.25, -0.2) is 4.79 Å². The average molecular weight is 289 g/mol. The summed E-state index contributed by atoms with van der Waals surface area (Å²) in [6.45, 7) is 0. The first-order valence-electron chi connectivity index (χ1n) is 6.84. The zero-order valence-electron chi connectivity index (χ0n) is 11.8. The molecule has 4 rings (SSSR count). The van der Waals surface area contributed by atoms with E-state index in [9.17, 15) is 9.59 Å². The molecule has 0 aliphatic carbocycles. The van der Waals surface area contributed by atoms with E-state index >= 15 is 0 Å². The summed E-state index contributed by atoms with van der Waals surface area (Å²) in [5.74, 6) is -0.0888. The molecule has 22 heavy (non-hydrogen) atoms. The summed E-state index contributed by atoms with van der Waals surface area (Å²) in [5.41, 5.74) is 2.14. The first-order chi connectivity index (χ1) is 10.6. The second kappa shape index (κ2) is 4.46. The third-order valence-electron chi connectivity index (χ3n) is 3.81. The monoisotopic (exact) mass is 289 g/mol. The van der Waals surface area contributed by atoms with E-state index in [-0.39, 0.29) is 5.78 Å². The Balaban J connectivity index is 1.89. The molecule has 0 bridgehead atoms. The van der Waals surface area contributed by atoms with Gasteiger partial charge >= 0.3 is 6.03 Å². The molecular formula is C17H11N3O2. The lowest BCUT2D eigenvalue weighted by Gasteiger charge is -1.99. The number of hydrogen-bond donors (Lipinski definition) is 0. The average Bonchev–Trinajstić information content (AvgIpc) is 3.06. The zero-order chi connectivity index (χ0) is 15.3. The van der Waals surface area contributed by atoms with Gasteiger partial charge in [0.1, 0.15) is 0 Å². The Morgan fingerprint density at radius 1 is 1.05 bits per heavy atom. The number of urea groups is 1. The van der Waals surface area contributed by atoms with E-state index in [0.29, 0.717) is 21.8 Å². The number of rotatable bonds is 2. The molecule has 0 N–H and O–H groups in total. The molecule has 0 spiro atoms. The lowest BCUT2D eigenvalue weighted by atomic mass is 10.0. The fraction of sp³-hybridized carbons (Fsp3) is 0.0588. The van der Waals surface area contributed by atoms with Crippen molar-refractivity contribution < 1.29 is 9.59 Å². The molecule has 0 unspecified atom stereocenters. The smallest absolute Gasteiger partial charge is 0.350 e. The summed E-state index contributed by atoms with van der Waals surface area (Å²) >= 11 is 0. The molecule has 0 atom stereocenters. The highest BCUT2D eigenvalue weighted by molar-refractivity contribution is 6.16. The molecule has 0 saturated heterocycles. The SMILES string of the molecule is Cn1cc(C(=O)c2ccc3c(c2)=NC(=O)N=3)c2ccccc21. The molecule has 2 amide bonds. The highest BCUT2D eigenvalue weighted by Gasteiger charge is 2.16. The van der Waals surface area contributed by atoms with Crippen molar-refractivity contribution >= 4 is 22.7 Å². The van der Waals surface area contributed by atoms with Crippen LogP contribution in [0.4, 0.5) is 4.79 Å². The van der Waals surface area contributed by atoms with Crippen LogP contribution in [0, 0.1) is 0 Å². The molecule has 1 aliphatic rings. The second-order valence-corrected chi connectivity index (χ2v) is 5.21. The third kappa shape index (κ3) is 1.79. The Bertz CT molecular complexity index is 1080. The first kappa shape index (κ1) is 12.6. The Kier molecular flexibility index (Phi) is 2.56. The summed E-state index contributed by atoms with van der Waals surface area (Å²) in [6, 6.07) is 12.2. The Labute approximate surface area is 125 Å². The van der Waals surface area contributed by atoms with E-state index in [1.807, 2.05) is 42.1 Å². The number of ketones is 1. The Hall–Kier alpha value is -3.08. The molecule has 1 aromatic heterocycles. The van der Waals surface area contributed by atoms with Gasteiger partial charge < -0.3 is 4.57 Å². The first-order valence-corrected chi connectivity index (χ1v) is 6.84. The fourth-order valence-corrected chi connectivity index (χ4v) is 2.76. The molecule has 2 heterocycles. The van der Waals surface area contributed by atoms with E-state index in [1.165, 1.54) is 0 Å². The van der Waals surface area contributed by atoms with E-state index in [4.69, 9.17) is 0 Å². The zero-order valence-corrected chi connectivity index (χ0v) is 11.8. The predicted octanol–water partition coefficient (Wildman–Crippen LogP) is 1.78. The molecule has 3 aromatic rings. The van der Waals surface area contributed by atoms with Gasteiger partial charge in [-0.3, -0.25) is 4.79 Å². The molecule has 0 saturated carbocycles. The third-order valence-corrected chi connectivity index (χ3v) is 3.81. The van der Waals surface area contributed by atoms with Crippen molar-refractivity contribution in [1.29, 1.82) is 0 Å². The predicted molar refractivity (Wildman–Crippen MR) is 80.5 cm³/mol. The van der Waals surface area contributed by atoms with Crippen LogP contribution in [0.25, 0.3) is 10.9 Å². The van der Waals surface area contributed by atoms with Crippen molar-refractivity contribution in [3.8, 4) is 0 Å². The topological polar surface area (TPSA) is 63.8 Å². The molecule has 0 fully saturated rings. The van der Waals surface area contributed by atoms with Gasteiger partial charge in [-0.1, -0.05) is 18.2 Å². The van der Waals surface area contributed by atoms with Crippen LogP contribution in [-0.2, 0) is 7.05 Å². The molecule has 5 heteroatoms. The number of fused-ring (bicyclic) bond motifs is 2. The van der Waals surface area contributed by atoms with Gasteiger partial charge in [-0.15, -0.1) is 0 Å². The number of hydrogen-bond acceptors (Lipinski definition) is 2. The maximum Gasteiger partial charge on any atom is 0.368 e. The van der Waals surface area contributed by atoms with Crippen molar-refractivity contribution in [3.63, 3.8) is 0 Å². The number of aryl methyl sites for hydroxylation is 1. The van der Waals surface area contributed by atoms with E-state index < -0.39 is 6.03 Å². The fourth-order valence-electron chi connectivity index (χ4n) is 2.76. The Morgan fingerprint density at radius 3 is 2.68 bits per heavy atom. The molecule has 5 nitrogen and oxygen atoms in total. The quantitative estimate of drug-likeness (QED) is 0.675. The van der Waals surface area contributed by atoms with Gasteiger partial charge in [0, 0.05) is 35.3 Å². The number of para-hydroxylation sites is 1. The number of carbonyl (C=O) groups excluding carboxylic acids is 2. The van der Waals surface area contributed by atoms with Gasteiger partial charge in [-0.05, 0) is 24.3 Å². The molecule has 2 aromatic carbocycles. The van der Waals surface area contributed by atoms with Crippen LogP contribution in [0.15, 0.2) is 58.6 Å². The van der Waals surface area contributed by atoms with Crippen molar-refractivity contribution in [3.05, 3.63) is 70.5 Å². The van der Waals surface area contributed by atoms with E-state index in [1.54, 1.807) is 18.2 Å². The molecule has 1 aliphatic heterocycles. The number of nitrogens with zero attached hydrogens (tertiary/aromatic N) is 3. The highest BCUT2D eigenvalue weighted by Crippen LogP contribution is 2.22. The second-order valence-electron chi connectivity index (χ2n) is 5.21. The number of amides is 2. The maximum atomic E-state index is 12.8. The number of carbonyl (C=O) groups is 2. The summed E-state index contributed by atoms with van der Waals surface area (Å²) in [7, 11) is 1.91. The van der Waals surface area contributed by atoms with Crippen molar-refractivity contribution in [2.45, 2.75) is 0 Å².